The maximum absolute atomic E-state index is 10.3. The van der Waals surface area contributed by atoms with Gasteiger partial charge in [0, 0.05) is 34.0 Å². The van der Waals surface area contributed by atoms with Crippen molar-refractivity contribution in [3.63, 3.8) is 0 Å². The number of aryl methyl sites for hydroxylation is 2. The molecule has 2 heterocycles. The van der Waals surface area contributed by atoms with Gasteiger partial charge in [-0.3, -0.25) is 0 Å². The molecule has 188 valence electrons. The van der Waals surface area contributed by atoms with Crippen LogP contribution in [0.2, 0.25) is 0 Å². The van der Waals surface area contributed by atoms with Crippen LogP contribution in [0.15, 0.2) is 102 Å². The molecule has 0 bridgehead atoms. The number of benzene rings is 4. The van der Waals surface area contributed by atoms with Gasteiger partial charge in [-0.25, -0.2) is 4.57 Å². The van der Waals surface area contributed by atoms with Crippen LogP contribution in [-0.2, 0) is 19.8 Å². The van der Waals surface area contributed by atoms with Crippen molar-refractivity contribution in [2.75, 3.05) is 0 Å². The largest absolute Gasteiger partial charge is 0.454 e. The third-order valence-corrected chi connectivity index (χ3v) is 7.80. The zero-order valence-corrected chi connectivity index (χ0v) is 21.8. The molecule has 7 rings (SSSR count). The molecule has 39 heavy (non-hydrogen) atoms. The highest BCUT2D eigenvalue weighted by molar-refractivity contribution is 6.14. The van der Waals surface area contributed by atoms with Gasteiger partial charge >= 0.3 is 0 Å². The molecule has 0 saturated carbocycles. The molecule has 1 aliphatic carbocycles. The number of fused-ring (bicyclic) bond motifs is 4. The lowest BCUT2D eigenvalue weighted by atomic mass is 9.77. The standard InChI is InChI=1S/C36H29N2O/c1-23-14-17-30-31-19-16-27(22-37)34(36(31)39-35(30)33(23)32-13-6-7-20-38(32)2)29-12-8-11-26-21-25(15-18-28(26)29)24-9-4-3-5-10-24/h3-14,16-17,19-20,25H,15,18,21H2,1-2H3/q+1/i18D2,21D2. The molecule has 0 fully saturated rings. The molecule has 0 saturated heterocycles. The van der Waals surface area contributed by atoms with Crippen molar-refractivity contribution in [1.29, 1.82) is 5.26 Å². The summed E-state index contributed by atoms with van der Waals surface area (Å²) in [6.07, 6.45) is -1.73. The summed E-state index contributed by atoms with van der Waals surface area (Å²) >= 11 is 0. The van der Waals surface area contributed by atoms with E-state index in [1.54, 1.807) is 24.3 Å². The first-order valence-corrected chi connectivity index (χ1v) is 13.2. The molecular weight excluding hydrogens is 476 g/mol. The highest BCUT2D eigenvalue weighted by Crippen LogP contribution is 2.44. The average molecular weight is 510 g/mol. The summed E-state index contributed by atoms with van der Waals surface area (Å²) in [6.45, 7) is 2.05. The Bertz CT molecular complexity index is 2110. The second-order valence-corrected chi connectivity index (χ2v) is 10.1. The van der Waals surface area contributed by atoms with Gasteiger partial charge in [0.25, 0.3) is 0 Å². The molecule has 1 atom stereocenters. The van der Waals surface area contributed by atoms with Crippen LogP contribution in [0.1, 0.15) is 45.6 Å². The number of aromatic nitrogens is 1. The summed E-state index contributed by atoms with van der Waals surface area (Å²) in [6, 6.07) is 30.6. The minimum absolute atomic E-state index is 0.0279. The van der Waals surface area contributed by atoms with E-state index in [-0.39, 0.29) is 12.0 Å². The van der Waals surface area contributed by atoms with Gasteiger partial charge in [0.1, 0.15) is 18.2 Å². The second kappa shape index (κ2) is 9.26. The Morgan fingerprint density at radius 1 is 0.872 bits per heavy atom. The normalized spacial score (nSPS) is 18.9. The van der Waals surface area contributed by atoms with E-state index in [4.69, 9.17) is 4.42 Å². The summed E-state index contributed by atoms with van der Waals surface area (Å²) < 4.78 is 45.9. The van der Waals surface area contributed by atoms with Gasteiger partial charge in [-0.15, -0.1) is 0 Å². The smallest absolute Gasteiger partial charge is 0.216 e. The average Bonchev–Trinajstić information content (AvgIpc) is 3.38. The first-order chi connectivity index (χ1) is 20.6. The lowest BCUT2D eigenvalue weighted by molar-refractivity contribution is -0.660. The molecule has 6 aromatic rings. The Kier molecular flexibility index (Phi) is 4.60. The minimum atomic E-state index is -1.86. The van der Waals surface area contributed by atoms with Crippen molar-refractivity contribution < 1.29 is 14.5 Å². The van der Waals surface area contributed by atoms with Crippen LogP contribution in [0.4, 0.5) is 0 Å². The molecule has 0 amide bonds. The van der Waals surface area contributed by atoms with Crippen LogP contribution in [0.5, 0.6) is 0 Å². The summed E-state index contributed by atoms with van der Waals surface area (Å²) in [5.41, 5.74) is 6.86. The molecular formula is C36H29N2O+. The van der Waals surface area contributed by atoms with Crippen LogP contribution >= 0.6 is 0 Å². The van der Waals surface area contributed by atoms with Crippen molar-refractivity contribution in [1.82, 2.24) is 0 Å². The summed E-state index contributed by atoms with van der Waals surface area (Å²) in [7, 11) is 1.99. The van der Waals surface area contributed by atoms with Crippen molar-refractivity contribution in [3.05, 3.63) is 125 Å². The van der Waals surface area contributed by atoms with Crippen LogP contribution in [-0.4, -0.2) is 0 Å². The van der Waals surface area contributed by atoms with Gasteiger partial charge in [-0.05, 0) is 78.0 Å². The fraction of sp³-hybridized carbons (Fsp3) is 0.167. The number of nitrogens with zero attached hydrogens (tertiary/aromatic N) is 2. The van der Waals surface area contributed by atoms with Crippen LogP contribution in [0.3, 0.4) is 0 Å². The quantitative estimate of drug-likeness (QED) is 0.226. The third-order valence-electron chi connectivity index (χ3n) is 7.80. The van der Waals surface area contributed by atoms with E-state index in [1.165, 1.54) is 0 Å². The maximum Gasteiger partial charge on any atom is 0.216 e. The van der Waals surface area contributed by atoms with Gasteiger partial charge in [-0.2, -0.15) is 5.26 Å². The first kappa shape index (κ1) is 19.4. The van der Waals surface area contributed by atoms with E-state index in [1.807, 2.05) is 85.4 Å². The summed E-state index contributed by atoms with van der Waals surface area (Å²) in [5.74, 6) is -0.666. The van der Waals surface area contributed by atoms with Crippen LogP contribution in [0.25, 0.3) is 44.3 Å². The zero-order chi connectivity index (χ0) is 30.1. The van der Waals surface area contributed by atoms with Crippen molar-refractivity contribution in [2.45, 2.75) is 32.0 Å². The Labute approximate surface area is 234 Å². The van der Waals surface area contributed by atoms with E-state index >= 15 is 0 Å². The van der Waals surface area contributed by atoms with Crippen LogP contribution < -0.4 is 4.57 Å². The molecule has 2 aromatic heterocycles. The molecule has 1 aliphatic rings. The fourth-order valence-corrected chi connectivity index (χ4v) is 5.86. The SMILES string of the molecule is [2H]C1([2H])CC(c2ccccc2)C([2H])([2H])c2cccc(-c3c(C#N)ccc4c3oc3c(-c5cccc[n+]5C)c(C)ccc34)c21. The molecule has 3 nitrogen and oxygen atoms in total. The van der Waals surface area contributed by atoms with Crippen molar-refractivity contribution in [3.8, 4) is 28.5 Å². The zero-order valence-electron chi connectivity index (χ0n) is 25.8. The topological polar surface area (TPSA) is 40.8 Å². The summed E-state index contributed by atoms with van der Waals surface area (Å²) in [5, 5.41) is 12.0. The number of rotatable bonds is 3. The Hall–Kier alpha value is -4.68. The number of hydrogen-bond donors (Lipinski definition) is 0. The van der Waals surface area contributed by atoms with Gasteiger partial charge in [0.05, 0.1) is 17.2 Å². The minimum Gasteiger partial charge on any atom is -0.454 e. The predicted octanol–water partition coefficient (Wildman–Crippen LogP) is 8.20. The van der Waals surface area contributed by atoms with Crippen molar-refractivity contribution >= 4 is 21.9 Å². The van der Waals surface area contributed by atoms with E-state index in [0.29, 0.717) is 33.4 Å². The fourth-order valence-electron chi connectivity index (χ4n) is 5.86. The van der Waals surface area contributed by atoms with Crippen molar-refractivity contribution in [2.24, 2.45) is 7.05 Å². The first-order valence-electron chi connectivity index (χ1n) is 15.2. The van der Waals surface area contributed by atoms with Crippen LogP contribution in [0, 0.1) is 18.3 Å². The molecule has 1 unspecified atom stereocenters. The molecule has 0 aliphatic heterocycles. The van der Waals surface area contributed by atoms with Gasteiger partial charge in [-0.1, -0.05) is 60.7 Å². The van der Waals surface area contributed by atoms with Gasteiger partial charge in [0.15, 0.2) is 6.20 Å². The number of pyridine rings is 1. The summed E-state index contributed by atoms with van der Waals surface area (Å²) in [4.78, 5) is 0. The Morgan fingerprint density at radius 3 is 2.44 bits per heavy atom. The Morgan fingerprint density at radius 2 is 1.64 bits per heavy atom. The predicted molar refractivity (Wildman–Crippen MR) is 156 cm³/mol. The van der Waals surface area contributed by atoms with E-state index in [2.05, 4.69) is 12.1 Å². The highest BCUT2D eigenvalue weighted by atomic mass is 16.3. The van der Waals surface area contributed by atoms with Gasteiger partial charge < -0.3 is 4.42 Å². The monoisotopic (exact) mass is 509 g/mol. The molecule has 0 N–H and O–H groups in total. The van der Waals surface area contributed by atoms with E-state index in [9.17, 15) is 10.7 Å². The number of furan rings is 1. The maximum atomic E-state index is 10.3. The van der Waals surface area contributed by atoms with E-state index < -0.39 is 18.7 Å². The van der Waals surface area contributed by atoms with E-state index in [0.717, 1.165) is 33.2 Å². The molecule has 0 radical (unpaired) electrons. The highest BCUT2D eigenvalue weighted by Gasteiger charge is 2.27. The molecule has 3 heteroatoms. The number of hydrogen-bond acceptors (Lipinski definition) is 2. The number of nitriles is 1. The molecule has 0 spiro atoms. The lowest BCUT2D eigenvalue weighted by Crippen LogP contribution is -2.30. The third kappa shape index (κ3) is 3.75. The molecule has 4 aromatic carbocycles. The second-order valence-electron chi connectivity index (χ2n) is 10.1. The van der Waals surface area contributed by atoms with Gasteiger partial charge in [0.2, 0.25) is 5.69 Å². The Balaban J connectivity index is 1.54. The lowest BCUT2D eigenvalue weighted by Gasteiger charge is -2.27.